The average molecular weight is 275 g/mol. The molecule has 1 aromatic carbocycles. The molecule has 1 saturated heterocycles. The fourth-order valence-corrected chi connectivity index (χ4v) is 2.76. The van der Waals surface area contributed by atoms with Crippen molar-refractivity contribution in [2.45, 2.75) is 45.3 Å². The van der Waals surface area contributed by atoms with Crippen LogP contribution in [0.5, 0.6) is 0 Å². The van der Waals surface area contributed by atoms with Crippen LogP contribution in [-0.4, -0.2) is 29.9 Å². The predicted octanol–water partition coefficient (Wildman–Crippen LogP) is 1.64. The number of nitrogens with zero attached hydrogens (tertiary/aromatic N) is 1. The van der Waals surface area contributed by atoms with Crippen LogP contribution >= 0.6 is 0 Å². The van der Waals surface area contributed by atoms with Crippen LogP contribution < -0.4 is 11.1 Å². The number of amides is 1. The van der Waals surface area contributed by atoms with E-state index in [1.54, 1.807) is 0 Å². The molecule has 1 atom stereocenters. The monoisotopic (exact) mass is 275 g/mol. The highest BCUT2D eigenvalue weighted by Gasteiger charge is 2.19. The standard InChI is InChI=1S/C16H25N3O/c1-13-6-4-5-9-19(13)12-15-8-3-2-7-14(15)11-18-16(20)10-17/h2-3,7-8,13H,4-6,9-12,17H2,1H3,(H,18,20). The van der Waals surface area contributed by atoms with Crippen molar-refractivity contribution in [2.24, 2.45) is 5.73 Å². The molecule has 0 bridgehead atoms. The van der Waals surface area contributed by atoms with E-state index in [1.807, 2.05) is 6.07 Å². The Morgan fingerprint density at radius 3 is 2.80 bits per heavy atom. The fourth-order valence-electron chi connectivity index (χ4n) is 2.76. The summed E-state index contributed by atoms with van der Waals surface area (Å²) in [6.45, 7) is 5.05. The van der Waals surface area contributed by atoms with Gasteiger partial charge in [-0.1, -0.05) is 30.7 Å². The molecule has 1 amide bonds. The van der Waals surface area contributed by atoms with Crippen LogP contribution in [0.1, 0.15) is 37.3 Å². The van der Waals surface area contributed by atoms with Gasteiger partial charge in [0.15, 0.2) is 0 Å². The van der Waals surface area contributed by atoms with Gasteiger partial charge in [-0.05, 0) is 37.4 Å². The second-order valence-corrected chi connectivity index (χ2v) is 5.56. The first kappa shape index (κ1) is 15.0. The van der Waals surface area contributed by atoms with E-state index in [1.165, 1.54) is 36.9 Å². The Kier molecular flexibility index (Phi) is 5.56. The van der Waals surface area contributed by atoms with Gasteiger partial charge in [0.25, 0.3) is 0 Å². The molecule has 0 aromatic heterocycles. The van der Waals surface area contributed by atoms with Crippen molar-refractivity contribution < 1.29 is 4.79 Å². The summed E-state index contributed by atoms with van der Waals surface area (Å²) in [6, 6.07) is 8.98. The lowest BCUT2D eigenvalue weighted by Crippen LogP contribution is -2.37. The molecule has 1 aromatic rings. The SMILES string of the molecule is CC1CCCCN1Cc1ccccc1CNC(=O)CN. The topological polar surface area (TPSA) is 58.4 Å². The smallest absolute Gasteiger partial charge is 0.234 e. The lowest BCUT2D eigenvalue weighted by molar-refractivity contribution is -0.119. The normalized spacial score (nSPS) is 19.8. The van der Waals surface area contributed by atoms with Crippen LogP contribution in [0.3, 0.4) is 0 Å². The third kappa shape index (κ3) is 4.05. The molecule has 0 saturated carbocycles. The molecule has 4 nitrogen and oxygen atoms in total. The van der Waals surface area contributed by atoms with Crippen LogP contribution in [0.15, 0.2) is 24.3 Å². The number of rotatable bonds is 5. The van der Waals surface area contributed by atoms with E-state index in [-0.39, 0.29) is 12.5 Å². The Bertz CT molecular complexity index is 447. The van der Waals surface area contributed by atoms with Gasteiger partial charge in [0.05, 0.1) is 6.54 Å². The molecule has 4 heteroatoms. The molecule has 1 fully saturated rings. The van der Waals surface area contributed by atoms with Gasteiger partial charge in [-0.3, -0.25) is 9.69 Å². The van der Waals surface area contributed by atoms with Crippen LogP contribution in [0, 0.1) is 0 Å². The van der Waals surface area contributed by atoms with Gasteiger partial charge >= 0.3 is 0 Å². The Balaban J connectivity index is 2.01. The minimum atomic E-state index is -0.105. The van der Waals surface area contributed by atoms with E-state index >= 15 is 0 Å². The number of hydrogen-bond acceptors (Lipinski definition) is 3. The van der Waals surface area contributed by atoms with E-state index in [4.69, 9.17) is 5.73 Å². The highest BCUT2D eigenvalue weighted by molar-refractivity contribution is 5.77. The first-order valence-electron chi connectivity index (χ1n) is 7.48. The minimum Gasteiger partial charge on any atom is -0.351 e. The minimum absolute atomic E-state index is 0.0470. The Hall–Kier alpha value is -1.39. The molecule has 0 radical (unpaired) electrons. The predicted molar refractivity (Wildman–Crippen MR) is 81.1 cm³/mol. The first-order valence-corrected chi connectivity index (χ1v) is 7.48. The third-order valence-corrected chi connectivity index (χ3v) is 4.09. The van der Waals surface area contributed by atoms with Crippen molar-refractivity contribution in [3.05, 3.63) is 35.4 Å². The van der Waals surface area contributed by atoms with Crippen molar-refractivity contribution in [1.82, 2.24) is 10.2 Å². The highest BCUT2D eigenvalue weighted by Crippen LogP contribution is 2.20. The zero-order valence-corrected chi connectivity index (χ0v) is 12.3. The van der Waals surface area contributed by atoms with E-state index < -0.39 is 0 Å². The number of piperidine rings is 1. The van der Waals surface area contributed by atoms with Gasteiger partial charge in [0.1, 0.15) is 0 Å². The van der Waals surface area contributed by atoms with Crippen molar-refractivity contribution in [3.63, 3.8) is 0 Å². The Labute approximate surface area is 121 Å². The second kappa shape index (κ2) is 7.41. The number of nitrogens with one attached hydrogen (secondary N) is 1. The number of likely N-dealkylation sites (tertiary alicyclic amines) is 1. The summed E-state index contributed by atoms with van der Waals surface area (Å²) in [4.78, 5) is 13.8. The van der Waals surface area contributed by atoms with E-state index in [9.17, 15) is 4.79 Å². The zero-order chi connectivity index (χ0) is 14.4. The largest absolute Gasteiger partial charge is 0.351 e. The molecule has 1 unspecified atom stereocenters. The van der Waals surface area contributed by atoms with Crippen LogP contribution in [0.4, 0.5) is 0 Å². The van der Waals surface area contributed by atoms with E-state index in [2.05, 4.69) is 35.3 Å². The molecule has 20 heavy (non-hydrogen) atoms. The molecule has 0 spiro atoms. The van der Waals surface area contributed by atoms with Crippen LogP contribution in [0.25, 0.3) is 0 Å². The molecular formula is C16H25N3O. The summed E-state index contributed by atoms with van der Waals surface area (Å²) >= 11 is 0. The maximum atomic E-state index is 11.3. The van der Waals surface area contributed by atoms with Crippen molar-refractivity contribution >= 4 is 5.91 Å². The number of carbonyl (C=O) groups is 1. The van der Waals surface area contributed by atoms with E-state index in [0.717, 1.165) is 6.54 Å². The number of carbonyl (C=O) groups excluding carboxylic acids is 1. The lowest BCUT2D eigenvalue weighted by Gasteiger charge is -2.33. The van der Waals surface area contributed by atoms with Crippen LogP contribution in [0.2, 0.25) is 0 Å². The average Bonchev–Trinajstić information content (AvgIpc) is 2.48. The zero-order valence-electron chi connectivity index (χ0n) is 12.3. The van der Waals surface area contributed by atoms with Gasteiger partial charge in [0.2, 0.25) is 5.91 Å². The third-order valence-electron chi connectivity index (χ3n) is 4.09. The van der Waals surface area contributed by atoms with E-state index in [0.29, 0.717) is 12.6 Å². The second-order valence-electron chi connectivity index (χ2n) is 5.56. The van der Waals surface area contributed by atoms with Crippen molar-refractivity contribution in [1.29, 1.82) is 0 Å². The summed E-state index contributed by atoms with van der Waals surface area (Å²) in [6.07, 6.45) is 3.91. The number of hydrogen-bond donors (Lipinski definition) is 2. The van der Waals surface area contributed by atoms with Crippen molar-refractivity contribution in [2.75, 3.05) is 13.1 Å². The summed E-state index contributed by atoms with van der Waals surface area (Å²) < 4.78 is 0. The van der Waals surface area contributed by atoms with Gasteiger partial charge in [-0.25, -0.2) is 0 Å². The van der Waals surface area contributed by atoms with Gasteiger partial charge in [-0.2, -0.15) is 0 Å². The molecule has 1 heterocycles. The highest BCUT2D eigenvalue weighted by atomic mass is 16.1. The molecule has 2 rings (SSSR count). The van der Waals surface area contributed by atoms with Crippen LogP contribution in [-0.2, 0) is 17.9 Å². The molecule has 1 aliphatic heterocycles. The maximum Gasteiger partial charge on any atom is 0.234 e. The Morgan fingerprint density at radius 2 is 2.10 bits per heavy atom. The van der Waals surface area contributed by atoms with Gasteiger partial charge in [-0.15, -0.1) is 0 Å². The fraction of sp³-hybridized carbons (Fsp3) is 0.562. The summed E-state index contributed by atoms with van der Waals surface area (Å²) in [5.41, 5.74) is 7.81. The number of nitrogens with two attached hydrogens (primary N) is 1. The molecule has 1 aliphatic rings. The summed E-state index contributed by atoms with van der Waals surface area (Å²) in [7, 11) is 0. The lowest BCUT2D eigenvalue weighted by atomic mass is 10.0. The van der Waals surface area contributed by atoms with Gasteiger partial charge < -0.3 is 11.1 Å². The molecule has 0 aliphatic carbocycles. The molecule has 110 valence electrons. The summed E-state index contributed by atoms with van der Waals surface area (Å²) in [5.74, 6) is -0.105. The first-order chi connectivity index (χ1) is 9.70. The molecule has 3 N–H and O–H groups in total. The quantitative estimate of drug-likeness (QED) is 0.859. The maximum absolute atomic E-state index is 11.3. The van der Waals surface area contributed by atoms with Crippen molar-refractivity contribution in [3.8, 4) is 0 Å². The summed E-state index contributed by atoms with van der Waals surface area (Å²) in [5, 5.41) is 2.86. The molecular weight excluding hydrogens is 250 g/mol. The Morgan fingerprint density at radius 1 is 1.35 bits per heavy atom. The number of benzene rings is 1. The van der Waals surface area contributed by atoms with Gasteiger partial charge in [0, 0.05) is 19.1 Å².